The summed E-state index contributed by atoms with van der Waals surface area (Å²) in [4.78, 5) is 32.6. The van der Waals surface area contributed by atoms with E-state index in [9.17, 15) is 24.2 Å². The number of esters is 1. The van der Waals surface area contributed by atoms with Gasteiger partial charge in [-0.2, -0.15) is 0 Å². The van der Waals surface area contributed by atoms with Crippen LogP contribution in [0.1, 0.15) is 149 Å². The van der Waals surface area contributed by atoms with E-state index in [-0.39, 0.29) is 32.1 Å². The highest BCUT2D eigenvalue weighted by Gasteiger charge is 2.23. The Morgan fingerprint density at radius 1 is 0.700 bits per heavy atom. The molecule has 238 valence electrons. The molecule has 0 aromatic carbocycles. The van der Waals surface area contributed by atoms with E-state index < -0.39 is 26.5 Å². The third-order valence-corrected chi connectivity index (χ3v) is 7.83. The molecule has 1 amide bonds. The molecule has 0 spiro atoms. The number of hydrogen-bond acceptors (Lipinski definition) is 7. The molecule has 2 atom stereocenters. The molecular formula is C30H60NO8P. The summed E-state index contributed by atoms with van der Waals surface area (Å²) in [5.41, 5.74) is 0. The van der Waals surface area contributed by atoms with Crippen molar-refractivity contribution in [3.63, 3.8) is 0 Å². The van der Waals surface area contributed by atoms with Gasteiger partial charge in [-0.3, -0.25) is 18.6 Å². The van der Waals surface area contributed by atoms with E-state index in [4.69, 9.17) is 9.26 Å². The van der Waals surface area contributed by atoms with E-state index in [0.29, 0.717) is 6.42 Å². The molecule has 0 heterocycles. The topological polar surface area (TPSA) is 131 Å². The molecule has 9 nitrogen and oxygen atoms in total. The first kappa shape index (κ1) is 39.0. The van der Waals surface area contributed by atoms with Gasteiger partial charge in [-0.05, 0) is 6.42 Å². The quantitative estimate of drug-likeness (QED) is 0.0447. The second-order valence-electron chi connectivity index (χ2n) is 10.8. The van der Waals surface area contributed by atoms with E-state index in [1.54, 1.807) is 6.92 Å². The number of amides is 1. The fourth-order valence-electron chi connectivity index (χ4n) is 4.36. The third-order valence-electron chi connectivity index (χ3n) is 6.84. The lowest BCUT2D eigenvalue weighted by atomic mass is 10.0. The minimum atomic E-state index is -4.37. The van der Waals surface area contributed by atoms with Gasteiger partial charge in [0.2, 0.25) is 5.91 Å². The van der Waals surface area contributed by atoms with Crippen LogP contribution in [-0.4, -0.2) is 54.3 Å². The average Bonchev–Trinajstić information content (AvgIpc) is 2.94. The van der Waals surface area contributed by atoms with Gasteiger partial charge in [0, 0.05) is 19.4 Å². The van der Waals surface area contributed by atoms with Crippen LogP contribution in [-0.2, 0) is 27.9 Å². The lowest BCUT2D eigenvalue weighted by molar-refractivity contribution is -0.146. The van der Waals surface area contributed by atoms with Crippen molar-refractivity contribution in [1.82, 2.24) is 5.32 Å². The molecule has 0 aromatic rings. The summed E-state index contributed by atoms with van der Waals surface area (Å²) in [6.45, 7) is 2.93. The number of nitrogens with one attached hydrogen (secondary N) is 1. The number of carbonyl (C=O) groups excluding carboxylic acids is 2. The molecule has 0 aliphatic rings. The Bertz CT molecular complexity index is 649. The van der Waals surface area contributed by atoms with Crippen molar-refractivity contribution in [2.24, 2.45) is 0 Å². The molecule has 0 radical (unpaired) electrons. The van der Waals surface area contributed by atoms with Crippen molar-refractivity contribution in [2.75, 3.05) is 26.4 Å². The fourth-order valence-corrected chi connectivity index (χ4v) is 5.12. The Hall–Kier alpha value is -0.990. The van der Waals surface area contributed by atoms with Crippen LogP contribution in [0.15, 0.2) is 0 Å². The zero-order chi connectivity index (χ0) is 29.7. The molecule has 0 rings (SSSR count). The van der Waals surface area contributed by atoms with Gasteiger partial charge in [0.05, 0.1) is 13.2 Å². The van der Waals surface area contributed by atoms with E-state index in [0.717, 1.165) is 19.3 Å². The van der Waals surface area contributed by atoms with Crippen LogP contribution in [0, 0.1) is 0 Å². The molecule has 3 N–H and O–H groups in total. The first-order valence-corrected chi connectivity index (χ1v) is 17.5. The number of hydrogen-bond donors (Lipinski definition) is 3. The van der Waals surface area contributed by atoms with Crippen molar-refractivity contribution >= 4 is 19.7 Å². The van der Waals surface area contributed by atoms with Gasteiger partial charge in [-0.1, -0.05) is 129 Å². The van der Waals surface area contributed by atoms with E-state index in [1.165, 1.54) is 103 Å². The summed E-state index contributed by atoms with van der Waals surface area (Å²) >= 11 is 0. The standard InChI is InChI=1S/C30H60NO8P/c1-3-5-6-7-8-9-10-11-12-13-14-15-16-17-18-19-20-21-22-23-29(33)31-24-25-38-40(35,36)39-27-28(32)26-37-30(34)4-2/h28,32H,3-27H2,1-2H3,(H,31,33)(H,35,36). The second kappa shape index (κ2) is 28.1. The van der Waals surface area contributed by atoms with Crippen molar-refractivity contribution in [3.05, 3.63) is 0 Å². The smallest absolute Gasteiger partial charge is 0.463 e. The monoisotopic (exact) mass is 593 g/mol. The zero-order valence-corrected chi connectivity index (χ0v) is 26.4. The minimum Gasteiger partial charge on any atom is -0.463 e. The number of aliphatic hydroxyl groups excluding tert-OH is 1. The van der Waals surface area contributed by atoms with E-state index in [1.807, 2.05) is 0 Å². The van der Waals surface area contributed by atoms with E-state index >= 15 is 0 Å². The number of phosphoric acid groups is 1. The van der Waals surface area contributed by atoms with Gasteiger partial charge < -0.3 is 20.1 Å². The number of rotatable bonds is 30. The Labute approximate surface area is 244 Å². The third kappa shape index (κ3) is 28.5. The van der Waals surface area contributed by atoms with Crippen molar-refractivity contribution < 1.29 is 37.9 Å². The SMILES string of the molecule is CCCCCCCCCCCCCCCCCCCCCC(=O)NCCOP(=O)(O)OCC(O)COC(=O)CC. The molecule has 0 saturated carbocycles. The Balaban J connectivity index is 3.43. The lowest BCUT2D eigenvalue weighted by Gasteiger charge is -2.15. The van der Waals surface area contributed by atoms with Crippen LogP contribution in [0.2, 0.25) is 0 Å². The average molecular weight is 594 g/mol. The van der Waals surface area contributed by atoms with Crippen LogP contribution in [0.4, 0.5) is 0 Å². The maximum Gasteiger partial charge on any atom is 0.472 e. The number of aliphatic hydroxyl groups is 1. The van der Waals surface area contributed by atoms with Gasteiger partial charge in [0.1, 0.15) is 12.7 Å². The summed E-state index contributed by atoms with van der Waals surface area (Å²) in [5.74, 6) is -0.601. The maximum atomic E-state index is 11.9. The van der Waals surface area contributed by atoms with Gasteiger partial charge in [0.25, 0.3) is 0 Å². The Morgan fingerprint density at radius 2 is 1.15 bits per heavy atom. The number of carbonyl (C=O) groups is 2. The van der Waals surface area contributed by atoms with Gasteiger partial charge >= 0.3 is 13.8 Å². The fraction of sp³-hybridized carbons (Fsp3) is 0.933. The summed E-state index contributed by atoms with van der Waals surface area (Å²) in [6.07, 6.45) is 24.2. The van der Waals surface area contributed by atoms with Crippen molar-refractivity contribution in [2.45, 2.75) is 155 Å². The molecule has 0 aromatic heterocycles. The summed E-state index contributed by atoms with van der Waals surface area (Å²) in [7, 11) is -4.37. The highest BCUT2D eigenvalue weighted by atomic mass is 31.2. The molecule has 10 heteroatoms. The van der Waals surface area contributed by atoms with Gasteiger partial charge in [-0.25, -0.2) is 4.57 Å². The van der Waals surface area contributed by atoms with Crippen LogP contribution >= 0.6 is 7.82 Å². The molecule has 0 aliphatic carbocycles. The van der Waals surface area contributed by atoms with Crippen molar-refractivity contribution in [1.29, 1.82) is 0 Å². The van der Waals surface area contributed by atoms with Crippen LogP contribution in [0.5, 0.6) is 0 Å². The van der Waals surface area contributed by atoms with Crippen LogP contribution in [0.25, 0.3) is 0 Å². The largest absolute Gasteiger partial charge is 0.472 e. The number of ether oxygens (including phenoxy) is 1. The molecule has 0 aliphatic heterocycles. The number of phosphoric ester groups is 1. The molecule has 0 bridgehead atoms. The minimum absolute atomic E-state index is 0.0858. The van der Waals surface area contributed by atoms with Gasteiger partial charge in [-0.15, -0.1) is 0 Å². The molecule has 40 heavy (non-hydrogen) atoms. The molecule has 2 unspecified atom stereocenters. The van der Waals surface area contributed by atoms with Gasteiger partial charge in [0.15, 0.2) is 0 Å². The van der Waals surface area contributed by atoms with Crippen molar-refractivity contribution in [3.8, 4) is 0 Å². The predicted molar refractivity (Wildman–Crippen MR) is 160 cm³/mol. The summed E-state index contributed by atoms with van der Waals surface area (Å²) in [5, 5.41) is 12.3. The summed E-state index contributed by atoms with van der Waals surface area (Å²) < 4.78 is 26.0. The molecule has 0 saturated heterocycles. The lowest BCUT2D eigenvalue weighted by Crippen LogP contribution is -2.27. The predicted octanol–water partition coefficient (Wildman–Crippen LogP) is 7.37. The summed E-state index contributed by atoms with van der Waals surface area (Å²) in [6, 6.07) is 0. The Kier molecular flexibility index (Phi) is 27.4. The zero-order valence-electron chi connectivity index (χ0n) is 25.5. The second-order valence-corrected chi connectivity index (χ2v) is 12.2. The van der Waals surface area contributed by atoms with Crippen LogP contribution < -0.4 is 5.32 Å². The highest BCUT2D eigenvalue weighted by Crippen LogP contribution is 2.42. The maximum absolute atomic E-state index is 11.9. The first-order valence-electron chi connectivity index (χ1n) is 16.0. The normalized spacial score (nSPS) is 13.6. The highest BCUT2D eigenvalue weighted by molar-refractivity contribution is 7.47. The van der Waals surface area contributed by atoms with Crippen LogP contribution in [0.3, 0.4) is 0 Å². The molecular weight excluding hydrogens is 533 g/mol. The van der Waals surface area contributed by atoms with E-state index in [2.05, 4.69) is 16.8 Å². The number of unbranched alkanes of at least 4 members (excludes halogenated alkanes) is 18. The Morgan fingerprint density at radius 3 is 1.60 bits per heavy atom. The first-order chi connectivity index (χ1) is 19.3. The molecule has 0 fully saturated rings.